The number of hydrogen-bond donors (Lipinski definition) is 2. The first-order valence-electron chi connectivity index (χ1n) is 7.15. The first-order chi connectivity index (χ1) is 11.0. The molecule has 0 fully saturated rings. The molecule has 118 valence electrons. The molecule has 23 heavy (non-hydrogen) atoms. The summed E-state index contributed by atoms with van der Waals surface area (Å²) in [6.07, 6.45) is 0.139. The zero-order chi connectivity index (χ0) is 16.4. The van der Waals surface area contributed by atoms with E-state index in [-0.39, 0.29) is 18.2 Å². The molecular formula is C17H15BrN2O2S. The lowest BCUT2D eigenvalue weighted by atomic mass is 10.2. The van der Waals surface area contributed by atoms with Crippen molar-refractivity contribution in [2.75, 3.05) is 10.6 Å². The quantitative estimate of drug-likeness (QED) is 0.825. The summed E-state index contributed by atoms with van der Waals surface area (Å²) in [5.41, 5.74) is 2.54. The Morgan fingerprint density at radius 1 is 1.30 bits per heavy atom. The van der Waals surface area contributed by atoms with Gasteiger partial charge in [0.15, 0.2) is 0 Å². The van der Waals surface area contributed by atoms with Gasteiger partial charge in [0.1, 0.15) is 0 Å². The first kappa shape index (κ1) is 16.1. The van der Waals surface area contributed by atoms with Crippen molar-refractivity contribution >= 4 is 50.9 Å². The van der Waals surface area contributed by atoms with E-state index in [1.807, 2.05) is 49.4 Å². The van der Waals surface area contributed by atoms with Crippen molar-refractivity contribution < 1.29 is 9.59 Å². The highest BCUT2D eigenvalue weighted by Crippen LogP contribution is 2.36. The molecule has 0 unspecified atom stereocenters. The predicted octanol–water partition coefficient (Wildman–Crippen LogP) is 4.20. The lowest BCUT2D eigenvalue weighted by molar-refractivity contribution is -0.120. The van der Waals surface area contributed by atoms with E-state index < -0.39 is 5.25 Å². The maximum absolute atomic E-state index is 12.3. The van der Waals surface area contributed by atoms with E-state index in [0.717, 1.165) is 26.3 Å². The molecule has 2 aromatic rings. The number of fused-ring (bicyclic) bond motifs is 1. The molecule has 3 rings (SSSR count). The van der Waals surface area contributed by atoms with Crippen LogP contribution in [0, 0.1) is 6.92 Å². The van der Waals surface area contributed by atoms with Gasteiger partial charge in [-0.25, -0.2) is 0 Å². The lowest BCUT2D eigenvalue weighted by Crippen LogP contribution is -2.32. The van der Waals surface area contributed by atoms with Crippen LogP contribution in [0.2, 0.25) is 0 Å². The third-order valence-corrected chi connectivity index (χ3v) is 5.31. The second-order valence-electron chi connectivity index (χ2n) is 5.30. The third kappa shape index (κ3) is 3.76. The number of halogens is 1. The molecule has 6 heteroatoms. The van der Waals surface area contributed by atoms with Gasteiger partial charge in [0, 0.05) is 21.5 Å². The Hall–Kier alpha value is -1.79. The van der Waals surface area contributed by atoms with Gasteiger partial charge >= 0.3 is 0 Å². The summed E-state index contributed by atoms with van der Waals surface area (Å²) in [5, 5.41) is 5.31. The predicted molar refractivity (Wildman–Crippen MR) is 96.8 cm³/mol. The Bertz CT molecular complexity index is 779. The van der Waals surface area contributed by atoms with Crippen molar-refractivity contribution in [2.45, 2.75) is 23.5 Å². The van der Waals surface area contributed by atoms with Crippen LogP contribution >= 0.6 is 27.7 Å². The zero-order valence-corrected chi connectivity index (χ0v) is 14.8. The molecule has 4 nitrogen and oxygen atoms in total. The van der Waals surface area contributed by atoms with Gasteiger partial charge in [-0.05, 0) is 42.8 Å². The fourth-order valence-electron chi connectivity index (χ4n) is 2.36. The van der Waals surface area contributed by atoms with Gasteiger partial charge in [0.05, 0.1) is 10.9 Å². The van der Waals surface area contributed by atoms with Crippen molar-refractivity contribution in [1.29, 1.82) is 0 Å². The summed E-state index contributed by atoms with van der Waals surface area (Å²) in [7, 11) is 0. The fraction of sp³-hybridized carbons (Fsp3) is 0.176. The Kier molecular flexibility index (Phi) is 4.73. The molecule has 0 aliphatic carbocycles. The van der Waals surface area contributed by atoms with E-state index in [1.54, 1.807) is 0 Å². The highest BCUT2D eigenvalue weighted by molar-refractivity contribution is 9.10. The topological polar surface area (TPSA) is 58.2 Å². The highest BCUT2D eigenvalue weighted by Gasteiger charge is 2.28. The minimum atomic E-state index is -0.416. The number of anilines is 2. The van der Waals surface area contributed by atoms with E-state index in [1.165, 1.54) is 11.8 Å². The molecule has 1 aliphatic heterocycles. The molecule has 1 aliphatic rings. The van der Waals surface area contributed by atoms with Crippen LogP contribution in [0.15, 0.2) is 51.8 Å². The van der Waals surface area contributed by atoms with Crippen molar-refractivity contribution in [3.8, 4) is 0 Å². The molecule has 0 radical (unpaired) electrons. The van der Waals surface area contributed by atoms with E-state index in [4.69, 9.17) is 0 Å². The average Bonchev–Trinajstić information content (AvgIpc) is 2.51. The number of para-hydroxylation sites is 1. The summed E-state index contributed by atoms with van der Waals surface area (Å²) in [4.78, 5) is 25.4. The minimum Gasteiger partial charge on any atom is -0.326 e. The fourth-order valence-corrected chi connectivity index (χ4v) is 3.95. The molecule has 0 saturated heterocycles. The van der Waals surface area contributed by atoms with Crippen molar-refractivity contribution in [1.82, 2.24) is 0 Å². The summed E-state index contributed by atoms with van der Waals surface area (Å²) in [6, 6.07) is 13.3. The monoisotopic (exact) mass is 390 g/mol. The van der Waals surface area contributed by atoms with Crippen LogP contribution in [0.1, 0.15) is 12.0 Å². The number of thioether (sulfide) groups is 1. The van der Waals surface area contributed by atoms with Gasteiger partial charge in [-0.3, -0.25) is 9.59 Å². The molecule has 0 bridgehead atoms. The number of hydrogen-bond acceptors (Lipinski definition) is 3. The minimum absolute atomic E-state index is 0.128. The Balaban J connectivity index is 1.67. The molecule has 0 aromatic heterocycles. The SMILES string of the molecule is Cc1cc(Br)ccc1NC(=O)C[C@@H]1Sc2ccccc2NC1=O. The summed E-state index contributed by atoms with van der Waals surface area (Å²) in [5.74, 6) is -0.293. The second-order valence-corrected chi connectivity index (χ2v) is 7.46. The van der Waals surface area contributed by atoms with E-state index in [9.17, 15) is 9.59 Å². The third-order valence-electron chi connectivity index (χ3n) is 3.54. The largest absolute Gasteiger partial charge is 0.326 e. The molecule has 1 heterocycles. The molecule has 0 saturated carbocycles. The first-order valence-corrected chi connectivity index (χ1v) is 8.83. The number of rotatable bonds is 3. The number of carbonyl (C=O) groups excluding carboxylic acids is 2. The van der Waals surface area contributed by atoms with Gasteiger partial charge in [-0.1, -0.05) is 28.1 Å². The van der Waals surface area contributed by atoms with E-state index in [2.05, 4.69) is 26.6 Å². The average molecular weight is 391 g/mol. The van der Waals surface area contributed by atoms with Crippen LogP contribution in [0.25, 0.3) is 0 Å². The number of carbonyl (C=O) groups is 2. The van der Waals surface area contributed by atoms with E-state index >= 15 is 0 Å². The highest BCUT2D eigenvalue weighted by atomic mass is 79.9. The Labute approximate surface area is 147 Å². The molecular weight excluding hydrogens is 376 g/mol. The number of nitrogens with one attached hydrogen (secondary N) is 2. The van der Waals surface area contributed by atoms with E-state index in [0.29, 0.717) is 0 Å². The molecule has 0 spiro atoms. The van der Waals surface area contributed by atoms with Crippen LogP contribution in [0.4, 0.5) is 11.4 Å². The van der Waals surface area contributed by atoms with Gasteiger partial charge in [-0.2, -0.15) is 0 Å². The lowest BCUT2D eigenvalue weighted by Gasteiger charge is -2.23. The van der Waals surface area contributed by atoms with Crippen LogP contribution in [0.5, 0.6) is 0 Å². The van der Waals surface area contributed by atoms with Gasteiger partial charge < -0.3 is 10.6 Å². The molecule has 2 N–H and O–H groups in total. The summed E-state index contributed by atoms with van der Waals surface area (Å²) >= 11 is 4.83. The standard InChI is InChI=1S/C17H15BrN2O2S/c1-10-8-11(18)6-7-12(10)19-16(21)9-15-17(22)20-13-4-2-3-5-14(13)23-15/h2-8,15H,9H2,1H3,(H,19,21)(H,20,22)/t15-/m0/s1. The van der Waals surface area contributed by atoms with Gasteiger partial charge in [0.25, 0.3) is 0 Å². The van der Waals surface area contributed by atoms with Crippen LogP contribution in [-0.4, -0.2) is 17.1 Å². The maximum Gasteiger partial charge on any atom is 0.238 e. The summed E-state index contributed by atoms with van der Waals surface area (Å²) in [6.45, 7) is 1.93. The van der Waals surface area contributed by atoms with Crippen LogP contribution in [-0.2, 0) is 9.59 Å². The van der Waals surface area contributed by atoms with Gasteiger partial charge in [0.2, 0.25) is 11.8 Å². The van der Waals surface area contributed by atoms with Crippen molar-refractivity contribution in [3.63, 3.8) is 0 Å². The Morgan fingerprint density at radius 2 is 2.09 bits per heavy atom. The molecule has 2 amide bonds. The summed E-state index contributed by atoms with van der Waals surface area (Å²) < 4.78 is 0.965. The van der Waals surface area contributed by atoms with Gasteiger partial charge in [-0.15, -0.1) is 11.8 Å². The maximum atomic E-state index is 12.3. The normalized spacial score (nSPS) is 16.4. The van der Waals surface area contributed by atoms with Crippen LogP contribution < -0.4 is 10.6 Å². The second kappa shape index (κ2) is 6.76. The molecule has 2 aromatic carbocycles. The zero-order valence-electron chi connectivity index (χ0n) is 12.4. The van der Waals surface area contributed by atoms with Crippen molar-refractivity contribution in [3.05, 3.63) is 52.5 Å². The number of benzene rings is 2. The van der Waals surface area contributed by atoms with Crippen molar-refractivity contribution in [2.24, 2.45) is 0 Å². The smallest absolute Gasteiger partial charge is 0.238 e. The van der Waals surface area contributed by atoms with Crippen LogP contribution in [0.3, 0.4) is 0 Å². The molecule has 1 atom stereocenters. The number of amides is 2. The number of aryl methyl sites for hydroxylation is 1. The Morgan fingerprint density at radius 3 is 2.87 bits per heavy atom.